The first-order valence-corrected chi connectivity index (χ1v) is 23.1. The Morgan fingerprint density at radius 3 is 1.10 bits per heavy atom. The van der Waals surface area contributed by atoms with E-state index in [1.54, 1.807) is 48.1 Å². The van der Waals surface area contributed by atoms with E-state index in [2.05, 4.69) is 98.7 Å². The molecule has 2 unspecified atom stereocenters. The van der Waals surface area contributed by atoms with Crippen molar-refractivity contribution in [3.63, 3.8) is 0 Å². The number of benzene rings is 3. The van der Waals surface area contributed by atoms with E-state index in [1.807, 2.05) is 13.8 Å². The van der Waals surface area contributed by atoms with E-state index in [0.29, 0.717) is 12.8 Å². The van der Waals surface area contributed by atoms with Crippen molar-refractivity contribution in [1.29, 1.82) is 0 Å². The van der Waals surface area contributed by atoms with Crippen LogP contribution in [0, 0.1) is 16.7 Å². The van der Waals surface area contributed by atoms with Crippen molar-refractivity contribution in [2.75, 3.05) is 5.75 Å². The van der Waals surface area contributed by atoms with Crippen LogP contribution in [-0.4, -0.2) is 24.5 Å². The predicted octanol–water partition coefficient (Wildman–Crippen LogP) is 10.8. The maximum absolute atomic E-state index is 11.8. The Morgan fingerprint density at radius 2 is 0.904 bits per heavy atom. The molecule has 0 amide bonds. The van der Waals surface area contributed by atoms with Gasteiger partial charge in [-0.25, -0.2) is 8.42 Å². The number of hydrogen-bond acceptors (Lipinski definition) is 4. The van der Waals surface area contributed by atoms with Crippen molar-refractivity contribution < 1.29 is 17.8 Å². The van der Waals surface area contributed by atoms with Crippen molar-refractivity contribution in [3.05, 3.63) is 86.5 Å². The number of aryl methyl sites for hydroxylation is 9. The largest absolute Gasteiger partial charge is 0.748 e. The first kappa shape index (κ1) is 42.3. The number of carbonyl (C=O) groups excluding carboxylic acids is 1. The third-order valence-electron chi connectivity index (χ3n) is 12.6. The zero-order valence-corrected chi connectivity index (χ0v) is 35.8. The molecule has 6 heteroatoms. The minimum atomic E-state index is -4.33. The second-order valence-corrected chi connectivity index (χ2v) is 18.8. The summed E-state index contributed by atoms with van der Waals surface area (Å²) in [5.41, 5.74) is 12.6. The van der Waals surface area contributed by atoms with Crippen LogP contribution in [0.15, 0.2) is 51.1 Å². The highest BCUT2D eigenvalue weighted by atomic mass is 32.2. The topological polar surface area (TPSA) is 74.3 Å². The summed E-state index contributed by atoms with van der Waals surface area (Å²) in [6.45, 7) is 24.9. The molecule has 2 aliphatic carbocycles. The maximum atomic E-state index is 11.8. The van der Waals surface area contributed by atoms with Gasteiger partial charge < -0.3 is 4.55 Å². The van der Waals surface area contributed by atoms with E-state index in [0.717, 1.165) is 64.2 Å². The number of hydrogen-bond donors (Lipinski definition) is 0. The van der Waals surface area contributed by atoms with Crippen LogP contribution < -0.4 is 0 Å². The van der Waals surface area contributed by atoms with Gasteiger partial charge in [-0.05, 0) is 98.7 Å². The monoisotopic (exact) mass is 746 g/mol. The van der Waals surface area contributed by atoms with Crippen LogP contribution in [0.2, 0.25) is 0 Å². The third kappa shape index (κ3) is 8.15. The zero-order chi connectivity index (χ0) is 38.6. The van der Waals surface area contributed by atoms with Crippen LogP contribution in [0.25, 0.3) is 0 Å². The van der Waals surface area contributed by atoms with Gasteiger partial charge in [0.1, 0.15) is 16.7 Å². The van der Waals surface area contributed by atoms with Gasteiger partial charge in [0.15, 0.2) is 14.7 Å². The summed E-state index contributed by atoms with van der Waals surface area (Å²) in [4.78, 5) is 16.7. The van der Waals surface area contributed by atoms with Gasteiger partial charge in [-0.15, -0.1) is 0 Å². The molecule has 0 aromatic heterocycles. The van der Waals surface area contributed by atoms with Crippen molar-refractivity contribution in [1.82, 2.24) is 0 Å². The van der Waals surface area contributed by atoms with Crippen molar-refractivity contribution in [3.8, 4) is 0 Å². The van der Waals surface area contributed by atoms with Gasteiger partial charge in [0, 0.05) is 45.2 Å². The fourth-order valence-corrected chi connectivity index (χ4v) is 13.9. The number of ketones is 1. The molecule has 0 heterocycles. The highest BCUT2D eigenvalue weighted by Gasteiger charge is 2.64. The maximum Gasteiger partial charge on any atom is 0.172 e. The van der Waals surface area contributed by atoms with E-state index in [4.69, 9.17) is 0 Å². The van der Waals surface area contributed by atoms with Crippen LogP contribution in [0.1, 0.15) is 145 Å². The molecule has 0 spiro atoms. The molecule has 0 radical (unpaired) electrons. The Hall–Kier alpha value is -2.41. The summed E-state index contributed by atoms with van der Waals surface area (Å²) in [7, 11) is -4.44. The predicted molar refractivity (Wildman–Crippen MR) is 219 cm³/mol. The Kier molecular flexibility index (Phi) is 14.1. The summed E-state index contributed by atoms with van der Waals surface area (Å²) < 4.78 is 32.7. The lowest BCUT2D eigenvalue weighted by molar-refractivity contribution is -0.128. The smallest absolute Gasteiger partial charge is 0.172 e. The molecule has 2 aliphatic rings. The van der Waals surface area contributed by atoms with Gasteiger partial charge in [0.05, 0.1) is 15.9 Å². The lowest BCUT2D eigenvalue weighted by Crippen LogP contribution is -2.42. The van der Waals surface area contributed by atoms with Crippen molar-refractivity contribution in [2.45, 2.75) is 168 Å². The summed E-state index contributed by atoms with van der Waals surface area (Å²) in [5, 5.41) is 0. The summed E-state index contributed by atoms with van der Waals surface area (Å²) in [6, 6.07) is 15.2. The van der Waals surface area contributed by atoms with Gasteiger partial charge in [0.25, 0.3) is 0 Å². The molecule has 3 aromatic carbocycles. The highest BCUT2D eigenvalue weighted by molar-refractivity contribution is 7.97. The van der Waals surface area contributed by atoms with Crippen LogP contribution in [0.3, 0.4) is 0 Å². The third-order valence-corrected chi connectivity index (χ3v) is 16.2. The summed E-state index contributed by atoms with van der Waals surface area (Å²) in [5.74, 6) is -0.280. The lowest BCUT2D eigenvalue weighted by Gasteiger charge is -2.37. The molecule has 2 bridgehead atoms. The number of carbonyl (C=O) groups is 1. The standard InChI is InChI=1S/C36H51S.C10H16O4S/c1-10-25-19-28(13-4)34(29(14-5)20-25)37(35-30(15-6)21-26(11-2)22-31(35)16-7)36-32(17-8)23-27(12-3)24-33(36)18-9;1-9(2)7-3-4-10(9,8(11)5-7)6-15(12,13)14/h19-24H,10-18H2,1-9H3;7H,3-6H2,1-2H3,(H,12,13,14)/q+1;/p-1. The lowest BCUT2D eigenvalue weighted by atomic mass is 9.70. The molecule has 4 nitrogen and oxygen atoms in total. The van der Waals surface area contributed by atoms with E-state index in [9.17, 15) is 17.8 Å². The van der Waals surface area contributed by atoms with E-state index in [1.165, 1.54) is 16.7 Å². The van der Waals surface area contributed by atoms with Crippen molar-refractivity contribution in [2.24, 2.45) is 16.7 Å². The highest BCUT2D eigenvalue weighted by Crippen LogP contribution is 2.64. The molecule has 5 rings (SSSR count). The average Bonchev–Trinajstić information content (AvgIpc) is 3.48. The van der Waals surface area contributed by atoms with E-state index >= 15 is 0 Å². The molecular formula is C46H66O4S2. The van der Waals surface area contributed by atoms with Gasteiger partial charge in [-0.2, -0.15) is 0 Å². The Balaban J connectivity index is 0.000000334. The number of rotatable bonds is 14. The number of Topliss-reactive ketones (excluding diaryl/α,β-unsaturated/α-hetero) is 1. The molecule has 0 aliphatic heterocycles. The second-order valence-electron chi connectivity index (χ2n) is 15.6. The van der Waals surface area contributed by atoms with Gasteiger partial charge in [0.2, 0.25) is 0 Å². The Labute approximate surface area is 320 Å². The Bertz CT molecular complexity index is 1630. The molecule has 0 N–H and O–H groups in total. The average molecular weight is 747 g/mol. The van der Waals surface area contributed by atoms with Crippen LogP contribution >= 0.6 is 0 Å². The molecule has 3 aromatic rings. The van der Waals surface area contributed by atoms with Gasteiger partial charge in [-0.1, -0.05) is 113 Å². The fraction of sp³-hybridized carbons (Fsp3) is 0.587. The Morgan fingerprint density at radius 1 is 0.596 bits per heavy atom. The fourth-order valence-electron chi connectivity index (χ4n) is 9.17. The zero-order valence-electron chi connectivity index (χ0n) is 34.2. The molecule has 2 saturated carbocycles. The van der Waals surface area contributed by atoms with E-state index < -0.39 is 21.3 Å². The quantitative estimate of drug-likeness (QED) is 0.122. The summed E-state index contributed by atoms with van der Waals surface area (Å²) in [6.07, 6.45) is 11.7. The molecule has 286 valence electrons. The second kappa shape index (κ2) is 17.4. The normalized spacial score (nSPS) is 19.3. The minimum Gasteiger partial charge on any atom is -0.748 e. The molecule has 2 fully saturated rings. The molecular weight excluding hydrogens is 681 g/mol. The first-order chi connectivity index (χ1) is 24.6. The van der Waals surface area contributed by atoms with Crippen molar-refractivity contribution >= 4 is 26.8 Å². The van der Waals surface area contributed by atoms with Gasteiger partial charge in [-0.3, -0.25) is 4.79 Å². The van der Waals surface area contributed by atoms with E-state index in [-0.39, 0.29) is 28.0 Å². The first-order valence-electron chi connectivity index (χ1n) is 20.3. The van der Waals surface area contributed by atoms with Crippen LogP contribution in [0.5, 0.6) is 0 Å². The number of fused-ring (bicyclic) bond motifs is 2. The minimum absolute atomic E-state index is 0.0248. The summed E-state index contributed by atoms with van der Waals surface area (Å²) >= 11 is 0. The molecule has 0 saturated heterocycles. The molecule has 52 heavy (non-hydrogen) atoms. The van der Waals surface area contributed by atoms with Crippen LogP contribution in [0.4, 0.5) is 0 Å². The van der Waals surface area contributed by atoms with Crippen LogP contribution in [-0.2, 0) is 83.6 Å². The SMILES string of the molecule is CC1(C)C2CCC1(CS(=O)(=O)[O-])C(=O)C2.CCc1cc(CC)c([S+](c2c(CC)cc(CC)cc2CC)c2c(CC)cc(CC)cc2CC)c(CC)c1. The van der Waals surface area contributed by atoms with Gasteiger partial charge >= 0.3 is 0 Å². The molecule has 2 atom stereocenters.